The predicted octanol–water partition coefficient (Wildman–Crippen LogP) is 4.00. The molecule has 0 saturated carbocycles. The summed E-state index contributed by atoms with van der Waals surface area (Å²) >= 11 is 1.32. The van der Waals surface area contributed by atoms with Gasteiger partial charge in [-0.05, 0) is 49.3 Å². The van der Waals surface area contributed by atoms with Gasteiger partial charge in [0.05, 0.1) is 12.1 Å². The molecular weight excluding hydrogens is 382 g/mol. The first-order chi connectivity index (χ1) is 14.1. The number of aromatic nitrogens is 1. The summed E-state index contributed by atoms with van der Waals surface area (Å²) in [6.07, 6.45) is 4.89. The van der Waals surface area contributed by atoms with Gasteiger partial charge in [0.2, 0.25) is 5.91 Å². The van der Waals surface area contributed by atoms with Crippen molar-refractivity contribution in [1.29, 1.82) is 0 Å². The van der Waals surface area contributed by atoms with Crippen LogP contribution in [0.25, 0.3) is 10.6 Å². The number of nitrogens with one attached hydrogen (secondary N) is 2. The quantitative estimate of drug-likeness (QED) is 0.645. The molecule has 1 aliphatic rings. The van der Waals surface area contributed by atoms with E-state index in [0.29, 0.717) is 10.6 Å². The van der Waals surface area contributed by atoms with E-state index in [0.717, 1.165) is 29.0 Å². The second-order valence-corrected chi connectivity index (χ2v) is 8.29. The first-order valence-corrected chi connectivity index (χ1v) is 10.6. The highest BCUT2D eigenvalue weighted by atomic mass is 32.1. The lowest BCUT2D eigenvalue weighted by Gasteiger charge is -2.16. The monoisotopic (exact) mass is 405 g/mol. The number of benzene rings is 2. The number of hydrogen-bond donors (Lipinski definition) is 2. The first-order valence-electron chi connectivity index (χ1n) is 9.83. The molecule has 0 aliphatic heterocycles. The van der Waals surface area contributed by atoms with Gasteiger partial charge in [0.1, 0.15) is 9.88 Å². The molecule has 2 amide bonds. The molecule has 0 atom stereocenters. The highest BCUT2D eigenvalue weighted by molar-refractivity contribution is 7.17. The van der Waals surface area contributed by atoms with Gasteiger partial charge in [-0.1, -0.05) is 48.5 Å². The number of thiazole rings is 1. The summed E-state index contributed by atoms with van der Waals surface area (Å²) in [6, 6.07) is 16.0. The molecule has 0 saturated heterocycles. The maximum atomic E-state index is 12.5. The summed E-state index contributed by atoms with van der Waals surface area (Å²) in [6.45, 7) is 1.80. The van der Waals surface area contributed by atoms with E-state index in [1.54, 1.807) is 6.92 Å². The van der Waals surface area contributed by atoms with Gasteiger partial charge in [-0.15, -0.1) is 11.3 Å². The largest absolute Gasteiger partial charge is 0.281 e. The van der Waals surface area contributed by atoms with Crippen LogP contribution in [0.2, 0.25) is 0 Å². The number of nitrogens with zero attached hydrogens (tertiary/aromatic N) is 1. The van der Waals surface area contributed by atoms with E-state index >= 15 is 0 Å². The van der Waals surface area contributed by atoms with Crippen LogP contribution in [0.4, 0.5) is 0 Å². The predicted molar refractivity (Wildman–Crippen MR) is 115 cm³/mol. The molecular formula is C23H23N3O2S. The van der Waals surface area contributed by atoms with Crippen LogP contribution in [0.3, 0.4) is 0 Å². The zero-order chi connectivity index (χ0) is 20.2. The molecule has 0 fully saturated rings. The van der Waals surface area contributed by atoms with Crippen molar-refractivity contribution in [2.24, 2.45) is 0 Å². The van der Waals surface area contributed by atoms with Crippen LogP contribution in [-0.4, -0.2) is 16.8 Å². The molecule has 1 aromatic heterocycles. The highest BCUT2D eigenvalue weighted by Gasteiger charge is 2.17. The van der Waals surface area contributed by atoms with E-state index in [1.165, 1.54) is 35.3 Å². The third kappa shape index (κ3) is 4.54. The van der Waals surface area contributed by atoms with Crippen LogP contribution in [0, 0.1) is 6.92 Å². The third-order valence-corrected chi connectivity index (χ3v) is 6.32. The van der Waals surface area contributed by atoms with E-state index in [-0.39, 0.29) is 18.2 Å². The van der Waals surface area contributed by atoms with Gasteiger partial charge in [-0.25, -0.2) is 4.98 Å². The normalized spacial score (nSPS) is 12.9. The third-order valence-electron chi connectivity index (χ3n) is 5.12. The minimum Gasteiger partial charge on any atom is -0.273 e. The lowest BCUT2D eigenvalue weighted by molar-refractivity contribution is -0.121. The van der Waals surface area contributed by atoms with Crippen molar-refractivity contribution in [3.63, 3.8) is 0 Å². The zero-order valence-electron chi connectivity index (χ0n) is 16.3. The van der Waals surface area contributed by atoms with Crippen LogP contribution in [0.5, 0.6) is 0 Å². The standard InChI is InChI=1S/C23H23N3O2S/c1-15-21(29-23(24-15)18-8-3-2-4-9-18)22(28)26-25-20(27)14-16-11-12-17-7-5-6-10-19(17)13-16/h2-4,8-9,11-13H,5-7,10,14H2,1H3,(H,25,27)(H,26,28). The maximum absolute atomic E-state index is 12.5. The molecule has 2 aromatic carbocycles. The van der Waals surface area contributed by atoms with E-state index in [1.807, 2.05) is 36.4 Å². The number of rotatable bonds is 4. The van der Waals surface area contributed by atoms with Crippen LogP contribution >= 0.6 is 11.3 Å². The Balaban J connectivity index is 1.36. The van der Waals surface area contributed by atoms with Gasteiger partial charge in [-0.3, -0.25) is 20.4 Å². The molecule has 4 rings (SSSR count). The van der Waals surface area contributed by atoms with Crippen LogP contribution in [0.1, 0.15) is 44.9 Å². The number of carbonyl (C=O) groups excluding carboxylic acids is 2. The minimum absolute atomic E-state index is 0.237. The first kappa shape index (κ1) is 19.3. The Hall–Kier alpha value is -2.99. The molecule has 3 aromatic rings. The van der Waals surface area contributed by atoms with Gasteiger partial charge in [0.25, 0.3) is 5.91 Å². The van der Waals surface area contributed by atoms with Gasteiger partial charge in [0.15, 0.2) is 0 Å². The summed E-state index contributed by atoms with van der Waals surface area (Å²) in [5.41, 5.74) is 10.4. The summed E-state index contributed by atoms with van der Waals surface area (Å²) < 4.78 is 0. The van der Waals surface area contributed by atoms with Gasteiger partial charge in [-0.2, -0.15) is 0 Å². The average Bonchev–Trinajstić information content (AvgIpc) is 3.14. The molecule has 29 heavy (non-hydrogen) atoms. The zero-order valence-corrected chi connectivity index (χ0v) is 17.1. The van der Waals surface area contributed by atoms with E-state index in [9.17, 15) is 9.59 Å². The Morgan fingerprint density at radius 3 is 2.55 bits per heavy atom. The van der Waals surface area contributed by atoms with Crippen molar-refractivity contribution in [2.45, 2.75) is 39.0 Å². The summed E-state index contributed by atoms with van der Waals surface area (Å²) in [5, 5.41) is 0.786. The number of hydrogen-bond acceptors (Lipinski definition) is 4. The number of amides is 2. The molecule has 148 valence electrons. The Bertz CT molecular complexity index is 1040. The smallest absolute Gasteiger partial charge is 0.273 e. The van der Waals surface area contributed by atoms with Gasteiger partial charge < -0.3 is 0 Å². The fraction of sp³-hybridized carbons (Fsp3) is 0.261. The summed E-state index contributed by atoms with van der Waals surface area (Å²) in [5.74, 6) is -0.583. The second-order valence-electron chi connectivity index (χ2n) is 7.29. The summed E-state index contributed by atoms with van der Waals surface area (Å²) in [4.78, 5) is 29.8. The Morgan fingerprint density at radius 2 is 1.76 bits per heavy atom. The Labute approximate surface area is 174 Å². The van der Waals surface area contributed by atoms with Crippen molar-refractivity contribution in [3.05, 3.63) is 75.8 Å². The number of aryl methyl sites for hydroxylation is 3. The number of fused-ring (bicyclic) bond motifs is 1. The second kappa shape index (κ2) is 8.57. The van der Waals surface area contributed by atoms with Crippen molar-refractivity contribution in [1.82, 2.24) is 15.8 Å². The maximum Gasteiger partial charge on any atom is 0.281 e. The fourth-order valence-corrected chi connectivity index (χ4v) is 4.59. The van der Waals surface area contributed by atoms with Crippen LogP contribution in [-0.2, 0) is 24.1 Å². The molecule has 1 aliphatic carbocycles. The van der Waals surface area contributed by atoms with Crippen LogP contribution in [0.15, 0.2) is 48.5 Å². The molecule has 0 unspecified atom stereocenters. The van der Waals surface area contributed by atoms with Gasteiger partial charge in [0, 0.05) is 5.56 Å². The van der Waals surface area contributed by atoms with Crippen LogP contribution < -0.4 is 10.9 Å². The molecule has 0 bridgehead atoms. The number of carbonyl (C=O) groups is 2. The van der Waals surface area contributed by atoms with Crippen molar-refractivity contribution in [3.8, 4) is 10.6 Å². The van der Waals surface area contributed by atoms with Crippen molar-refractivity contribution in [2.75, 3.05) is 0 Å². The lowest BCUT2D eigenvalue weighted by Crippen LogP contribution is -2.42. The molecule has 0 spiro atoms. The van der Waals surface area contributed by atoms with E-state index in [2.05, 4.69) is 28.0 Å². The molecule has 0 radical (unpaired) electrons. The minimum atomic E-state index is -0.346. The highest BCUT2D eigenvalue weighted by Crippen LogP contribution is 2.27. The summed E-state index contributed by atoms with van der Waals surface area (Å²) in [7, 11) is 0. The Kier molecular flexibility index (Phi) is 5.71. The van der Waals surface area contributed by atoms with Crippen molar-refractivity contribution >= 4 is 23.2 Å². The van der Waals surface area contributed by atoms with E-state index in [4.69, 9.17) is 0 Å². The lowest BCUT2D eigenvalue weighted by atomic mass is 9.90. The van der Waals surface area contributed by atoms with Gasteiger partial charge >= 0.3 is 0 Å². The Morgan fingerprint density at radius 1 is 1.00 bits per heavy atom. The SMILES string of the molecule is Cc1nc(-c2ccccc2)sc1C(=O)NNC(=O)Cc1ccc2c(c1)CCCC2. The average molecular weight is 406 g/mol. The molecule has 2 N–H and O–H groups in total. The topological polar surface area (TPSA) is 71.1 Å². The van der Waals surface area contributed by atoms with E-state index < -0.39 is 0 Å². The molecule has 6 heteroatoms. The number of hydrazine groups is 1. The fourth-order valence-electron chi connectivity index (χ4n) is 3.62. The molecule has 5 nitrogen and oxygen atoms in total. The van der Waals surface area contributed by atoms with Crippen molar-refractivity contribution < 1.29 is 9.59 Å². The molecule has 1 heterocycles.